The summed E-state index contributed by atoms with van der Waals surface area (Å²) < 4.78 is 5.36. The monoisotopic (exact) mass is 184 g/mol. The second-order valence-corrected chi connectivity index (χ2v) is 4.14. The third kappa shape index (κ3) is 2.22. The summed E-state index contributed by atoms with van der Waals surface area (Å²) in [4.78, 5) is 2.57. The molecule has 76 valence electrons. The lowest BCUT2D eigenvalue weighted by Crippen LogP contribution is -2.45. The van der Waals surface area contributed by atoms with Crippen molar-refractivity contribution < 1.29 is 4.74 Å². The minimum Gasteiger partial charge on any atom is -0.379 e. The van der Waals surface area contributed by atoms with E-state index in [1.165, 1.54) is 19.5 Å². The maximum atomic E-state index is 5.36. The molecule has 0 aromatic heterocycles. The highest BCUT2D eigenvalue weighted by Crippen LogP contribution is 2.18. The molecule has 2 saturated heterocycles. The largest absolute Gasteiger partial charge is 0.379 e. The zero-order valence-corrected chi connectivity index (χ0v) is 8.46. The van der Waals surface area contributed by atoms with Crippen molar-refractivity contribution in [2.75, 3.05) is 39.4 Å². The minimum absolute atomic E-state index is 0.735. The highest BCUT2D eigenvalue weighted by molar-refractivity contribution is 4.82. The molecule has 3 heteroatoms. The molecule has 2 heterocycles. The summed E-state index contributed by atoms with van der Waals surface area (Å²) in [7, 11) is 0. The lowest BCUT2D eigenvalue weighted by Gasteiger charge is -2.35. The van der Waals surface area contributed by atoms with Crippen LogP contribution < -0.4 is 5.32 Å². The van der Waals surface area contributed by atoms with Gasteiger partial charge in [0.05, 0.1) is 13.2 Å². The molecule has 0 saturated carbocycles. The smallest absolute Gasteiger partial charge is 0.0594 e. The Balaban J connectivity index is 1.83. The van der Waals surface area contributed by atoms with E-state index in [4.69, 9.17) is 4.74 Å². The number of nitrogens with zero attached hydrogens (tertiary/aromatic N) is 1. The van der Waals surface area contributed by atoms with Crippen LogP contribution in [0.5, 0.6) is 0 Å². The van der Waals surface area contributed by atoms with Crippen LogP contribution in [0.25, 0.3) is 0 Å². The number of morpholine rings is 1. The van der Waals surface area contributed by atoms with E-state index in [2.05, 4.69) is 17.1 Å². The van der Waals surface area contributed by atoms with Crippen LogP contribution >= 0.6 is 0 Å². The lowest BCUT2D eigenvalue weighted by atomic mass is 9.99. The minimum atomic E-state index is 0.735. The summed E-state index contributed by atoms with van der Waals surface area (Å²) in [6.45, 7) is 8.87. The number of ether oxygens (including phenoxy) is 1. The molecule has 2 fully saturated rings. The Morgan fingerprint density at radius 2 is 2.15 bits per heavy atom. The molecule has 0 spiro atoms. The Labute approximate surface area is 80.4 Å². The number of nitrogens with one attached hydrogen (secondary N) is 1. The summed E-state index contributed by atoms with van der Waals surface area (Å²) in [5, 5.41) is 3.43. The van der Waals surface area contributed by atoms with Crippen LogP contribution in [0.1, 0.15) is 13.3 Å². The number of hydrogen-bond donors (Lipinski definition) is 1. The zero-order chi connectivity index (χ0) is 9.10. The standard InChI is InChI=1S/C10H20N2O/c1-9(10-2-3-11-8-10)12-4-6-13-7-5-12/h9-11H,2-8H2,1H3. The van der Waals surface area contributed by atoms with E-state index in [0.29, 0.717) is 0 Å². The van der Waals surface area contributed by atoms with E-state index < -0.39 is 0 Å². The van der Waals surface area contributed by atoms with Crippen LogP contribution in [-0.2, 0) is 4.74 Å². The van der Waals surface area contributed by atoms with Crippen molar-refractivity contribution in [3.05, 3.63) is 0 Å². The van der Waals surface area contributed by atoms with Crippen molar-refractivity contribution in [2.45, 2.75) is 19.4 Å². The summed E-state index contributed by atoms with van der Waals surface area (Å²) >= 11 is 0. The van der Waals surface area contributed by atoms with Crippen molar-refractivity contribution in [2.24, 2.45) is 5.92 Å². The molecule has 2 aliphatic heterocycles. The normalized spacial score (nSPS) is 33.5. The van der Waals surface area contributed by atoms with Gasteiger partial charge in [0.15, 0.2) is 0 Å². The molecule has 0 aliphatic carbocycles. The van der Waals surface area contributed by atoms with Crippen LogP contribution in [0.4, 0.5) is 0 Å². The summed E-state index contributed by atoms with van der Waals surface area (Å²) in [5.41, 5.74) is 0. The van der Waals surface area contributed by atoms with Crippen molar-refractivity contribution in [3.8, 4) is 0 Å². The maximum Gasteiger partial charge on any atom is 0.0594 e. The van der Waals surface area contributed by atoms with Gasteiger partial charge in [0.1, 0.15) is 0 Å². The lowest BCUT2D eigenvalue weighted by molar-refractivity contribution is 0.00928. The van der Waals surface area contributed by atoms with E-state index in [1.807, 2.05) is 0 Å². The third-order valence-corrected chi connectivity index (χ3v) is 3.40. The molecule has 1 N–H and O–H groups in total. The predicted octanol–water partition coefficient (Wildman–Crippen LogP) is 0.317. The molecule has 2 unspecified atom stereocenters. The highest BCUT2D eigenvalue weighted by atomic mass is 16.5. The van der Waals surface area contributed by atoms with E-state index in [0.717, 1.165) is 38.3 Å². The third-order valence-electron chi connectivity index (χ3n) is 3.40. The molecular formula is C10H20N2O. The van der Waals surface area contributed by atoms with Crippen LogP contribution in [0.3, 0.4) is 0 Å². The molecule has 0 aromatic carbocycles. The highest BCUT2D eigenvalue weighted by Gasteiger charge is 2.26. The Morgan fingerprint density at radius 1 is 1.38 bits per heavy atom. The van der Waals surface area contributed by atoms with E-state index in [1.54, 1.807) is 0 Å². The average molecular weight is 184 g/mol. The van der Waals surface area contributed by atoms with Crippen LogP contribution in [0.2, 0.25) is 0 Å². The van der Waals surface area contributed by atoms with Gasteiger partial charge < -0.3 is 10.1 Å². The van der Waals surface area contributed by atoms with Gasteiger partial charge in [0.25, 0.3) is 0 Å². The van der Waals surface area contributed by atoms with Crippen molar-refractivity contribution in [3.63, 3.8) is 0 Å². The number of hydrogen-bond acceptors (Lipinski definition) is 3. The quantitative estimate of drug-likeness (QED) is 0.669. The number of rotatable bonds is 2. The first kappa shape index (κ1) is 9.44. The maximum absolute atomic E-state index is 5.36. The molecule has 2 atom stereocenters. The fraction of sp³-hybridized carbons (Fsp3) is 1.00. The topological polar surface area (TPSA) is 24.5 Å². The van der Waals surface area contributed by atoms with E-state index >= 15 is 0 Å². The SMILES string of the molecule is CC(C1CCNC1)N1CCOCC1. The van der Waals surface area contributed by atoms with Gasteiger partial charge in [-0.15, -0.1) is 0 Å². The van der Waals surface area contributed by atoms with Gasteiger partial charge >= 0.3 is 0 Å². The van der Waals surface area contributed by atoms with Gasteiger partial charge in [-0.05, 0) is 32.4 Å². The van der Waals surface area contributed by atoms with Gasteiger partial charge in [-0.1, -0.05) is 0 Å². The first-order valence-electron chi connectivity index (χ1n) is 5.40. The molecule has 0 aromatic rings. The molecule has 13 heavy (non-hydrogen) atoms. The van der Waals surface area contributed by atoms with Crippen LogP contribution in [0, 0.1) is 5.92 Å². The molecule has 0 radical (unpaired) electrons. The zero-order valence-electron chi connectivity index (χ0n) is 8.46. The Morgan fingerprint density at radius 3 is 2.77 bits per heavy atom. The van der Waals surface area contributed by atoms with Crippen molar-refractivity contribution in [1.82, 2.24) is 10.2 Å². The first-order valence-corrected chi connectivity index (χ1v) is 5.40. The average Bonchev–Trinajstić information content (AvgIpc) is 2.71. The predicted molar refractivity (Wildman–Crippen MR) is 52.8 cm³/mol. The molecule has 3 nitrogen and oxygen atoms in total. The van der Waals surface area contributed by atoms with Gasteiger partial charge in [0, 0.05) is 19.1 Å². The summed E-state index contributed by atoms with van der Waals surface area (Å²) in [6, 6.07) is 0.735. The molecule has 0 bridgehead atoms. The molecule has 2 aliphatic rings. The molecular weight excluding hydrogens is 164 g/mol. The van der Waals surface area contributed by atoms with Crippen LogP contribution in [-0.4, -0.2) is 50.3 Å². The van der Waals surface area contributed by atoms with Crippen LogP contribution in [0.15, 0.2) is 0 Å². The second-order valence-electron chi connectivity index (χ2n) is 4.14. The Kier molecular flexibility index (Phi) is 3.19. The Bertz CT molecular complexity index is 151. The van der Waals surface area contributed by atoms with Gasteiger partial charge in [-0.25, -0.2) is 0 Å². The van der Waals surface area contributed by atoms with Gasteiger partial charge in [0.2, 0.25) is 0 Å². The van der Waals surface area contributed by atoms with Gasteiger partial charge in [-0.2, -0.15) is 0 Å². The fourth-order valence-corrected chi connectivity index (χ4v) is 2.37. The first-order chi connectivity index (χ1) is 6.38. The molecule has 0 amide bonds. The fourth-order valence-electron chi connectivity index (χ4n) is 2.37. The Hall–Kier alpha value is -0.120. The van der Waals surface area contributed by atoms with E-state index in [9.17, 15) is 0 Å². The molecule has 2 rings (SSSR count). The van der Waals surface area contributed by atoms with E-state index in [-0.39, 0.29) is 0 Å². The van der Waals surface area contributed by atoms with Crippen molar-refractivity contribution >= 4 is 0 Å². The van der Waals surface area contributed by atoms with Gasteiger partial charge in [-0.3, -0.25) is 4.90 Å². The summed E-state index contributed by atoms with van der Waals surface area (Å²) in [6.07, 6.45) is 1.35. The second kappa shape index (κ2) is 4.40. The summed E-state index contributed by atoms with van der Waals surface area (Å²) in [5.74, 6) is 0.859. The van der Waals surface area contributed by atoms with Crippen molar-refractivity contribution in [1.29, 1.82) is 0 Å².